The number of hydrogen-bond donors (Lipinski definition) is 2. The van der Waals surface area contributed by atoms with Crippen LogP contribution in [0.15, 0.2) is 18.3 Å². The normalized spacial score (nSPS) is 11.1. The Labute approximate surface area is 116 Å². The third kappa shape index (κ3) is 2.91. The van der Waals surface area contributed by atoms with Gasteiger partial charge in [-0.2, -0.15) is 0 Å². The molecular formula is C14H17ClN2O2. The number of nitrogens with zero attached hydrogens (tertiary/aromatic N) is 1. The first-order valence-corrected chi connectivity index (χ1v) is 6.60. The highest BCUT2D eigenvalue weighted by Gasteiger charge is 2.13. The summed E-state index contributed by atoms with van der Waals surface area (Å²) < 4.78 is 2.03. The van der Waals surface area contributed by atoms with Gasteiger partial charge in [-0.25, -0.2) is 0 Å². The van der Waals surface area contributed by atoms with Crippen LogP contribution in [0.5, 0.6) is 0 Å². The van der Waals surface area contributed by atoms with E-state index in [0.29, 0.717) is 11.6 Å². The van der Waals surface area contributed by atoms with Crippen molar-refractivity contribution in [3.63, 3.8) is 0 Å². The zero-order chi connectivity index (χ0) is 14.0. The van der Waals surface area contributed by atoms with Crippen LogP contribution >= 0.6 is 11.6 Å². The van der Waals surface area contributed by atoms with Crippen LogP contribution in [-0.4, -0.2) is 22.2 Å². The van der Waals surface area contributed by atoms with Crippen molar-refractivity contribution >= 4 is 28.5 Å². The highest BCUT2D eigenvalue weighted by Crippen LogP contribution is 2.28. The SMILES string of the molecule is Cc1cc2c(CC(=O)O)cn(CCCN)c2cc1Cl. The van der Waals surface area contributed by atoms with Crippen LogP contribution in [0, 0.1) is 6.92 Å². The molecule has 5 heteroatoms. The lowest BCUT2D eigenvalue weighted by Crippen LogP contribution is -2.05. The molecule has 1 aromatic carbocycles. The number of rotatable bonds is 5. The topological polar surface area (TPSA) is 68.2 Å². The molecule has 0 radical (unpaired) electrons. The molecule has 2 rings (SSSR count). The Bertz CT molecular complexity index is 619. The van der Waals surface area contributed by atoms with Crippen LogP contribution < -0.4 is 5.73 Å². The van der Waals surface area contributed by atoms with Gasteiger partial charge in [0.2, 0.25) is 0 Å². The number of benzene rings is 1. The van der Waals surface area contributed by atoms with Crippen LogP contribution in [0.1, 0.15) is 17.5 Å². The van der Waals surface area contributed by atoms with Gasteiger partial charge in [-0.3, -0.25) is 4.79 Å². The van der Waals surface area contributed by atoms with Crippen LogP contribution in [0.4, 0.5) is 0 Å². The van der Waals surface area contributed by atoms with Crippen molar-refractivity contribution in [1.29, 1.82) is 0 Å². The van der Waals surface area contributed by atoms with Gasteiger partial charge in [0, 0.05) is 28.7 Å². The number of aryl methyl sites for hydroxylation is 2. The molecule has 0 saturated carbocycles. The van der Waals surface area contributed by atoms with E-state index in [4.69, 9.17) is 22.4 Å². The minimum Gasteiger partial charge on any atom is -0.481 e. The standard InChI is InChI=1S/C14H17ClN2O2/c1-9-5-11-10(6-14(18)19)8-17(4-2-3-16)13(11)7-12(9)15/h5,7-8H,2-4,6,16H2,1H3,(H,18,19). The molecule has 0 fully saturated rings. The maximum Gasteiger partial charge on any atom is 0.307 e. The summed E-state index contributed by atoms with van der Waals surface area (Å²) in [6, 6.07) is 3.85. The van der Waals surface area contributed by atoms with E-state index in [1.807, 2.05) is 29.8 Å². The Balaban J connectivity index is 2.55. The molecule has 0 aliphatic heterocycles. The third-order valence-corrected chi connectivity index (χ3v) is 3.60. The Kier molecular flexibility index (Phi) is 4.12. The van der Waals surface area contributed by atoms with E-state index in [1.54, 1.807) is 0 Å². The van der Waals surface area contributed by atoms with Gasteiger partial charge in [-0.05, 0) is 43.1 Å². The molecule has 102 valence electrons. The van der Waals surface area contributed by atoms with E-state index in [-0.39, 0.29) is 6.42 Å². The molecule has 0 unspecified atom stereocenters. The summed E-state index contributed by atoms with van der Waals surface area (Å²) in [6.45, 7) is 3.29. The molecule has 1 aromatic heterocycles. The molecule has 4 nitrogen and oxygen atoms in total. The second-order valence-corrected chi connectivity index (χ2v) is 5.09. The van der Waals surface area contributed by atoms with Crippen molar-refractivity contribution in [3.8, 4) is 0 Å². The maximum absolute atomic E-state index is 10.9. The largest absolute Gasteiger partial charge is 0.481 e. The molecule has 2 aromatic rings. The highest BCUT2D eigenvalue weighted by atomic mass is 35.5. The van der Waals surface area contributed by atoms with Gasteiger partial charge in [0.15, 0.2) is 0 Å². The Morgan fingerprint density at radius 1 is 1.47 bits per heavy atom. The summed E-state index contributed by atoms with van der Waals surface area (Å²) in [5, 5.41) is 10.6. The molecule has 0 atom stereocenters. The minimum absolute atomic E-state index is 0.0210. The summed E-state index contributed by atoms with van der Waals surface area (Å²) in [7, 11) is 0. The van der Waals surface area contributed by atoms with E-state index in [1.165, 1.54) is 0 Å². The fourth-order valence-electron chi connectivity index (χ4n) is 2.24. The summed E-state index contributed by atoms with van der Waals surface area (Å²) in [5.74, 6) is -0.828. The van der Waals surface area contributed by atoms with Gasteiger partial charge in [0.25, 0.3) is 0 Å². The molecule has 0 amide bonds. The molecule has 0 aliphatic carbocycles. The molecule has 0 spiro atoms. The van der Waals surface area contributed by atoms with Crippen LogP contribution in [0.25, 0.3) is 10.9 Å². The van der Waals surface area contributed by atoms with E-state index in [0.717, 1.165) is 35.0 Å². The number of carbonyl (C=O) groups is 1. The van der Waals surface area contributed by atoms with Gasteiger partial charge in [-0.1, -0.05) is 11.6 Å². The molecule has 3 N–H and O–H groups in total. The number of aliphatic carboxylic acids is 1. The lowest BCUT2D eigenvalue weighted by molar-refractivity contribution is -0.136. The van der Waals surface area contributed by atoms with Crippen LogP contribution in [0.2, 0.25) is 5.02 Å². The molecule has 1 heterocycles. The number of fused-ring (bicyclic) bond motifs is 1. The summed E-state index contributed by atoms with van der Waals surface area (Å²) >= 11 is 6.15. The van der Waals surface area contributed by atoms with Gasteiger partial charge < -0.3 is 15.4 Å². The van der Waals surface area contributed by atoms with Crippen LogP contribution in [-0.2, 0) is 17.8 Å². The first-order chi connectivity index (χ1) is 9.02. The number of aromatic nitrogens is 1. The first-order valence-electron chi connectivity index (χ1n) is 6.22. The minimum atomic E-state index is -0.828. The number of hydrogen-bond acceptors (Lipinski definition) is 2. The van der Waals surface area contributed by atoms with Crippen molar-refractivity contribution in [2.24, 2.45) is 5.73 Å². The lowest BCUT2D eigenvalue weighted by atomic mass is 10.1. The van der Waals surface area contributed by atoms with Crippen molar-refractivity contribution in [2.75, 3.05) is 6.54 Å². The summed E-state index contributed by atoms with van der Waals surface area (Å²) in [6.07, 6.45) is 2.76. The second-order valence-electron chi connectivity index (χ2n) is 4.68. The van der Waals surface area contributed by atoms with Crippen molar-refractivity contribution < 1.29 is 9.90 Å². The molecule has 19 heavy (non-hydrogen) atoms. The zero-order valence-electron chi connectivity index (χ0n) is 10.8. The number of nitrogens with two attached hydrogens (primary N) is 1. The first kappa shape index (κ1) is 13.9. The Morgan fingerprint density at radius 3 is 2.84 bits per heavy atom. The van der Waals surface area contributed by atoms with Crippen LogP contribution in [0.3, 0.4) is 0 Å². The smallest absolute Gasteiger partial charge is 0.307 e. The zero-order valence-corrected chi connectivity index (χ0v) is 11.6. The van der Waals surface area contributed by atoms with E-state index >= 15 is 0 Å². The van der Waals surface area contributed by atoms with Gasteiger partial charge in [-0.15, -0.1) is 0 Å². The highest BCUT2D eigenvalue weighted by molar-refractivity contribution is 6.32. The van der Waals surface area contributed by atoms with Crippen molar-refractivity contribution in [3.05, 3.63) is 34.5 Å². The fourth-order valence-corrected chi connectivity index (χ4v) is 2.40. The fraction of sp³-hybridized carbons (Fsp3) is 0.357. The number of carboxylic acids is 1. The van der Waals surface area contributed by atoms with Gasteiger partial charge >= 0.3 is 5.97 Å². The number of halogens is 1. The van der Waals surface area contributed by atoms with Crippen molar-refractivity contribution in [1.82, 2.24) is 4.57 Å². The second kappa shape index (κ2) is 5.63. The average Bonchev–Trinajstić information content (AvgIpc) is 2.65. The molecule has 0 saturated heterocycles. The predicted molar refractivity (Wildman–Crippen MR) is 76.7 cm³/mol. The van der Waals surface area contributed by atoms with Gasteiger partial charge in [0.1, 0.15) is 0 Å². The van der Waals surface area contributed by atoms with E-state index < -0.39 is 5.97 Å². The van der Waals surface area contributed by atoms with E-state index in [9.17, 15) is 4.79 Å². The average molecular weight is 281 g/mol. The molecule has 0 bridgehead atoms. The maximum atomic E-state index is 10.9. The lowest BCUT2D eigenvalue weighted by Gasteiger charge is -2.05. The van der Waals surface area contributed by atoms with E-state index in [2.05, 4.69) is 0 Å². The third-order valence-electron chi connectivity index (χ3n) is 3.19. The predicted octanol–water partition coefficient (Wildman–Crippen LogP) is 2.58. The Morgan fingerprint density at radius 2 is 2.21 bits per heavy atom. The van der Waals surface area contributed by atoms with Gasteiger partial charge in [0.05, 0.1) is 6.42 Å². The van der Waals surface area contributed by atoms with Crippen molar-refractivity contribution in [2.45, 2.75) is 26.3 Å². The summed E-state index contributed by atoms with van der Waals surface area (Å²) in [4.78, 5) is 10.9. The Hall–Kier alpha value is -1.52. The molecular weight excluding hydrogens is 264 g/mol. The number of carboxylic acid groups (broad SMARTS) is 1. The molecule has 0 aliphatic rings. The summed E-state index contributed by atoms with van der Waals surface area (Å²) in [5.41, 5.74) is 8.28. The monoisotopic (exact) mass is 280 g/mol. The quantitative estimate of drug-likeness (QED) is 0.884.